The third-order valence-corrected chi connectivity index (χ3v) is 6.65. The van der Waals surface area contributed by atoms with Gasteiger partial charge < -0.3 is 11.1 Å². The molecule has 0 aliphatic carbocycles. The number of halogens is 3. The van der Waals surface area contributed by atoms with E-state index < -0.39 is 11.9 Å². The van der Waals surface area contributed by atoms with Crippen LogP contribution >= 0.6 is 0 Å². The molecule has 7 heteroatoms. The van der Waals surface area contributed by atoms with Gasteiger partial charge in [0.25, 0.3) is 0 Å². The summed E-state index contributed by atoms with van der Waals surface area (Å²) in [6.45, 7) is 6.04. The molecule has 0 heterocycles. The van der Waals surface area contributed by atoms with Crippen LogP contribution in [0.15, 0.2) is 89.9 Å². The normalized spacial score (nSPS) is 13.1. The van der Waals surface area contributed by atoms with Crippen molar-refractivity contribution in [3.8, 4) is 0 Å². The van der Waals surface area contributed by atoms with Crippen molar-refractivity contribution in [2.24, 2.45) is 10.7 Å². The molecule has 4 rings (SSSR count). The number of alkyl halides is 3. The zero-order valence-electron chi connectivity index (χ0n) is 22.6. The average Bonchev–Trinajstić information content (AvgIpc) is 2.94. The van der Waals surface area contributed by atoms with Crippen LogP contribution < -0.4 is 11.1 Å². The molecule has 0 spiro atoms. The predicted octanol–water partition coefficient (Wildman–Crippen LogP) is 8.13. The Morgan fingerprint density at radius 2 is 1.62 bits per heavy atom. The first-order valence-corrected chi connectivity index (χ1v) is 12.8. The average molecular weight is 534 g/mol. The molecule has 0 unspecified atom stereocenters. The van der Waals surface area contributed by atoms with Crippen molar-refractivity contribution in [3.05, 3.63) is 96.1 Å². The minimum absolute atomic E-state index is 0.0209. The molecule has 0 aliphatic rings. The number of nitrogens with two attached hydrogens (primary N) is 1. The summed E-state index contributed by atoms with van der Waals surface area (Å²) in [6, 6.07) is 25.7. The van der Waals surface area contributed by atoms with Crippen LogP contribution in [0.1, 0.15) is 44.2 Å². The van der Waals surface area contributed by atoms with Crippen LogP contribution in [0.25, 0.3) is 27.1 Å². The van der Waals surface area contributed by atoms with Gasteiger partial charge in [0.1, 0.15) is 5.71 Å². The quantitative estimate of drug-likeness (QED) is 0.194. The van der Waals surface area contributed by atoms with Gasteiger partial charge >= 0.3 is 6.18 Å². The highest BCUT2D eigenvalue weighted by atomic mass is 19.4. The maximum absolute atomic E-state index is 12.8. The molecule has 4 aromatic carbocycles. The molecular formula is C32H34F3N3O. The first-order valence-electron chi connectivity index (χ1n) is 12.8. The van der Waals surface area contributed by atoms with Gasteiger partial charge in [0, 0.05) is 12.7 Å². The number of hydrogen-bond donors (Lipinski definition) is 2. The number of allylic oxidation sites excluding steroid dienone is 2. The molecule has 1 atom stereocenters. The molecule has 0 fully saturated rings. The molecule has 0 aliphatic heterocycles. The van der Waals surface area contributed by atoms with Crippen molar-refractivity contribution in [1.29, 1.82) is 0 Å². The second kappa shape index (κ2) is 13.2. The van der Waals surface area contributed by atoms with E-state index in [9.17, 15) is 18.0 Å². The third-order valence-electron chi connectivity index (χ3n) is 6.65. The topological polar surface area (TPSA) is 67.5 Å². The molecule has 4 aromatic rings. The van der Waals surface area contributed by atoms with Gasteiger partial charge in [-0.3, -0.25) is 9.79 Å². The van der Waals surface area contributed by atoms with Crippen LogP contribution in [-0.4, -0.2) is 31.4 Å². The van der Waals surface area contributed by atoms with E-state index in [1.165, 1.54) is 5.56 Å². The third kappa shape index (κ3) is 7.77. The highest BCUT2D eigenvalue weighted by Crippen LogP contribution is 2.29. The van der Waals surface area contributed by atoms with Crippen molar-refractivity contribution in [1.82, 2.24) is 0 Å². The number of hydrogen-bond acceptors (Lipinski definition) is 3. The second-order valence-corrected chi connectivity index (χ2v) is 9.34. The minimum atomic E-state index is -4.44. The van der Waals surface area contributed by atoms with Crippen molar-refractivity contribution in [2.75, 3.05) is 18.9 Å². The van der Waals surface area contributed by atoms with E-state index in [0.717, 1.165) is 52.3 Å². The summed E-state index contributed by atoms with van der Waals surface area (Å²) in [7, 11) is 1.15. The maximum atomic E-state index is 12.8. The monoisotopic (exact) mass is 533 g/mol. The lowest BCUT2D eigenvalue weighted by Crippen LogP contribution is -2.21. The summed E-state index contributed by atoms with van der Waals surface area (Å²) in [5, 5.41) is 7.08. The van der Waals surface area contributed by atoms with Crippen molar-refractivity contribution in [2.45, 2.75) is 39.3 Å². The van der Waals surface area contributed by atoms with Gasteiger partial charge in [0.15, 0.2) is 0 Å². The summed E-state index contributed by atoms with van der Waals surface area (Å²) < 4.78 is 38.5. The number of rotatable bonds is 6. The van der Waals surface area contributed by atoms with Crippen LogP contribution in [0.2, 0.25) is 0 Å². The van der Waals surface area contributed by atoms with Crippen LogP contribution in [0, 0.1) is 0 Å². The molecule has 0 saturated heterocycles. The second-order valence-electron chi connectivity index (χ2n) is 9.34. The minimum Gasteiger partial charge on any atom is -0.325 e. The largest absolute Gasteiger partial charge is 0.432 e. The lowest BCUT2D eigenvalue weighted by molar-refractivity contribution is -0.114. The molecule has 1 amide bonds. The van der Waals surface area contributed by atoms with Gasteiger partial charge in [-0.15, -0.1) is 0 Å². The fourth-order valence-corrected chi connectivity index (χ4v) is 4.16. The number of fused-ring (bicyclic) bond motifs is 3. The number of aliphatic imine (C=N–C) groups is 1. The summed E-state index contributed by atoms with van der Waals surface area (Å²) in [4.78, 5) is 14.4. The van der Waals surface area contributed by atoms with Gasteiger partial charge in [-0.1, -0.05) is 74.5 Å². The van der Waals surface area contributed by atoms with E-state index in [1.807, 2.05) is 78.9 Å². The Morgan fingerprint density at radius 1 is 0.974 bits per heavy atom. The first kappa shape index (κ1) is 29.6. The molecule has 0 radical (unpaired) electrons. The Morgan fingerprint density at radius 3 is 2.23 bits per heavy atom. The van der Waals surface area contributed by atoms with Crippen molar-refractivity contribution in [3.63, 3.8) is 0 Å². The molecular weight excluding hydrogens is 499 g/mol. The number of benzene rings is 4. The van der Waals surface area contributed by atoms with Gasteiger partial charge in [-0.25, -0.2) is 0 Å². The Labute approximate surface area is 227 Å². The van der Waals surface area contributed by atoms with E-state index in [1.54, 1.807) is 6.92 Å². The summed E-state index contributed by atoms with van der Waals surface area (Å²) in [5.41, 5.74) is 7.71. The fourth-order valence-electron chi connectivity index (χ4n) is 4.16. The molecule has 0 bridgehead atoms. The maximum Gasteiger partial charge on any atom is 0.432 e. The number of anilines is 1. The smallest absolute Gasteiger partial charge is 0.325 e. The van der Waals surface area contributed by atoms with Gasteiger partial charge in [-0.2, -0.15) is 13.2 Å². The van der Waals surface area contributed by atoms with Crippen LogP contribution in [0.4, 0.5) is 18.9 Å². The van der Waals surface area contributed by atoms with Crippen molar-refractivity contribution >= 4 is 44.4 Å². The van der Waals surface area contributed by atoms with E-state index in [0.29, 0.717) is 11.5 Å². The molecule has 3 N–H and O–H groups in total. The number of nitrogens with one attached hydrogen (secondary N) is 1. The van der Waals surface area contributed by atoms with Gasteiger partial charge in [0.2, 0.25) is 5.91 Å². The molecule has 204 valence electrons. The molecule has 39 heavy (non-hydrogen) atoms. The summed E-state index contributed by atoms with van der Waals surface area (Å²) in [5.74, 6) is 0.399. The van der Waals surface area contributed by atoms with Gasteiger partial charge in [-0.05, 0) is 81.8 Å². The Bertz CT molecular complexity index is 1490. The number of nitrogens with zero attached hydrogens (tertiary/aromatic N) is 1. The zero-order valence-corrected chi connectivity index (χ0v) is 22.6. The molecule has 0 saturated carbocycles. The fraction of sp³-hybridized carbons (Fsp3) is 0.250. The van der Waals surface area contributed by atoms with E-state index >= 15 is 0 Å². The van der Waals surface area contributed by atoms with E-state index in [-0.39, 0.29) is 12.5 Å². The Hall–Kier alpha value is -3.97. The van der Waals surface area contributed by atoms with E-state index in [2.05, 4.69) is 24.2 Å². The highest BCUT2D eigenvalue weighted by Gasteiger charge is 2.33. The summed E-state index contributed by atoms with van der Waals surface area (Å²) in [6.07, 6.45) is -2.24. The number of amides is 1. The van der Waals surface area contributed by atoms with Crippen molar-refractivity contribution < 1.29 is 18.0 Å². The summed E-state index contributed by atoms with van der Waals surface area (Å²) >= 11 is 0. The number of carbonyl (C=O) groups excluding carboxylic acids is 1. The first-order chi connectivity index (χ1) is 18.6. The number of carbonyl (C=O) groups is 1. The van der Waals surface area contributed by atoms with Crippen LogP contribution in [-0.2, 0) is 4.79 Å². The van der Waals surface area contributed by atoms with Crippen LogP contribution in [0.3, 0.4) is 0 Å². The molecule has 0 aromatic heterocycles. The molecule has 4 nitrogen and oxygen atoms in total. The Balaban J connectivity index is 0.000000242. The Kier molecular flexibility index (Phi) is 10.0. The lowest BCUT2D eigenvalue weighted by atomic mass is 9.97. The zero-order chi connectivity index (χ0) is 28.6. The van der Waals surface area contributed by atoms with Gasteiger partial charge in [0.05, 0.1) is 6.54 Å². The lowest BCUT2D eigenvalue weighted by Gasteiger charge is -2.10. The van der Waals surface area contributed by atoms with E-state index in [4.69, 9.17) is 5.73 Å². The highest BCUT2D eigenvalue weighted by molar-refractivity contribution is 6.09. The van der Waals surface area contributed by atoms with Crippen LogP contribution in [0.5, 0.6) is 0 Å². The predicted molar refractivity (Wildman–Crippen MR) is 157 cm³/mol. The SMILES string of the molecule is CC[C@@H](C)c1ccc(NC(=O)CN)cc1.CN=C(/C=C(\C)c1ccc2c(ccc3ccccc32)c1)C(F)(F)F. The standard InChI is InChI=1S/C20H16F3N.C12H18N2O/c1-13(11-19(24-2)20(21,22)23)15-9-10-18-16(12-15)8-7-14-5-3-4-6-17(14)18;1-3-9(2)10-4-6-11(7-5-10)14-12(15)8-13/h3-12H,1-2H3;4-7,9H,3,8,13H2,1-2H3,(H,14,15)/b13-11+,24-19?;/t;9-/m.1/s1.